The van der Waals surface area contributed by atoms with Crippen molar-refractivity contribution in [1.29, 1.82) is 0 Å². The topological polar surface area (TPSA) is 21.3 Å². The molecule has 0 aliphatic carbocycles. The summed E-state index contributed by atoms with van der Waals surface area (Å²) in [7, 11) is 0. The van der Waals surface area contributed by atoms with Gasteiger partial charge in [-0.15, -0.1) is 12.4 Å². The Kier molecular flexibility index (Phi) is 10.9. The van der Waals surface area contributed by atoms with E-state index in [0.29, 0.717) is 0 Å². The van der Waals surface area contributed by atoms with Gasteiger partial charge in [0.05, 0.1) is 6.61 Å². The fraction of sp³-hybridized carbons (Fsp3) is 0.600. The summed E-state index contributed by atoms with van der Waals surface area (Å²) in [5, 5.41) is 3.47. The number of benzene rings is 1. The first kappa shape index (κ1) is 17.3. The quantitative estimate of drug-likeness (QED) is 0.681. The van der Waals surface area contributed by atoms with Gasteiger partial charge in [0.1, 0.15) is 5.75 Å². The summed E-state index contributed by atoms with van der Waals surface area (Å²) < 4.78 is 5.48. The summed E-state index contributed by atoms with van der Waals surface area (Å²) in [6.07, 6.45) is 5.26. The van der Waals surface area contributed by atoms with Crippen LogP contribution in [0.25, 0.3) is 0 Å². The lowest BCUT2D eigenvalue weighted by atomic mass is 10.2. The standard InChI is InChI=1S/C15H25NO.ClH/c1-3-5-6-7-11-16-13-14-9-8-10-15(12-14)17-4-2;/h8-10,12,16H,3-7,11,13H2,1-2H3;1H. The number of unbranched alkanes of at least 4 members (excludes halogenated alkanes) is 3. The third-order valence-electron chi connectivity index (χ3n) is 2.75. The lowest BCUT2D eigenvalue weighted by Gasteiger charge is -2.07. The summed E-state index contributed by atoms with van der Waals surface area (Å²) >= 11 is 0. The second kappa shape index (κ2) is 11.4. The van der Waals surface area contributed by atoms with E-state index in [1.807, 2.05) is 13.0 Å². The molecule has 3 heteroatoms. The fourth-order valence-corrected chi connectivity index (χ4v) is 1.82. The molecule has 1 rings (SSSR count). The van der Waals surface area contributed by atoms with Crippen molar-refractivity contribution in [1.82, 2.24) is 5.32 Å². The highest BCUT2D eigenvalue weighted by atomic mass is 35.5. The molecule has 0 aliphatic heterocycles. The maximum absolute atomic E-state index is 5.48. The van der Waals surface area contributed by atoms with Crippen LogP contribution in [0.1, 0.15) is 45.1 Å². The molecule has 0 amide bonds. The normalized spacial score (nSPS) is 9.89. The van der Waals surface area contributed by atoms with Gasteiger partial charge in [-0.3, -0.25) is 0 Å². The monoisotopic (exact) mass is 271 g/mol. The summed E-state index contributed by atoms with van der Waals surface area (Å²) in [5.74, 6) is 0.970. The Hall–Kier alpha value is -0.730. The van der Waals surface area contributed by atoms with Crippen LogP contribution >= 0.6 is 12.4 Å². The van der Waals surface area contributed by atoms with Crippen LogP contribution in [0.5, 0.6) is 5.75 Å². The molecule has 0 radical (unpaired) electrons. The van der Waals surface area contributed by atoms with Gasteiger partial charge >= 0.3 is 0 Å². The minimum atomic E-state index is 0. The summed E-state index contributed by atoms with van der Waals surface area (Å²) in [6, 6.07) is 8.32. The Morgan fingerprint density at radius 1 is 1.11 bits per heavy atom. The minimum absolute atomic E-state index is 0. The number of nitrogens with one attached hydrogen (secondary N) is 1. The molecule has 1 aromatic rings. The molecule has 0 spiro atoms. The number of rotatable bonds is 9. The summed E-state index contributed by atoms with van der Waals surface area (Å²) in [6.45, 7) is 7.03. The van der Waals surface area contributed by atoms with E-state index < -0.39 is 0 Å². The van der Waals surface area contributed by atoms with E-state index in [4.69, 9.17) is 4.74 Å². The maximum Gasteiger partial charge on any atom is 0.119 e. The van der Waals surface area contributed by atoms with Crippen LogP contribution in [-0.4, -0.2) is 13.2 Å². The predicted octanol–water partition coefficient (Wildman–Crippen LogP) is 4.18. The van der Waals surface area contributed by atoms with Crippen molar-refractivity contribution < 1.29 is 4.74 Å². The van der Waals surface area contributed by atoms with Crippen LogP contribution in [-0.2, 0) is 6.54 Å². The molecule has 1 N–H and O–H groups in total. The van der Waals surface area contributed by atoms with Crippen molar-refractivity contribution in [2.24, 2.45) is 0 Å². The van der Waals surface area contributed by atoms with Gasteiger partial charge in [-0.1, -0.05) is 38.3 Å². The van der Waals surface area contributed by atoms with Crippen molar-refractivity contribution in [3.05, 3.63) is 29.8 Å². The Morgan fingerprint density at radius 2 is 1.94 bits per heavy atom. The van der Waals surface area contributed by atoms with Crippen LogP contribution in [0.3, 0.4) is 0 Å². The molecule has 104 valence electrons. The van der Waals surface area contributed by atoms with Crippen molar-refractivity contribution in [3.8, 4) is 5.75 Å². The highest BCUT2D eigenvalue weighted by molar-refractivity contribution is 5.85. The van der Waals surface area contributed by atoms with Crippen LogP contribution in [0, 0.1) is 0 Å². The van der Waals surface area contributed by atoms with Crippen LogP contribution in [0.4, 0.5) is 0 Å². The van der Waals surface area contributed by atoms with E-state index in [9.17, 15) is 0 Å². The zero-order chi connectivity index (χ0) is 12.3. The Bertz CT molecular complexity index is 304. The maximum atomic E-state index is 5.48. The van der Waals surface area contributed by atoms with Gasteiger partial charge in [0.2, 0.25) is 0 Å². The molecule has 18 heavy (non-hydrogen) atoms. The third-order valence-corrected chi connectivity index (χ3v) is 2.75. The van der Waals surface area contributed by atoms with Gasteiger partial charge in [0.15, 0.2) is 0 Å². The lowest BCUT2D eigenvalue weighted by molar-refractivity contribution is 0.340. The molecule has 0 saturated heterocycles. The SMILES string of the molecule is CCCCCCNCc1cccc(OCC)c1.Cl. The molecular formula is C15H26ClNO. The second-order valence-corrected chi connectivity index (χ2v) is 4.32. The van der Waals surface area contributed by atoms with Crippen molar-refractivity contribution in [2.75, 3.05) is 13.2 Å². The van der Waals surface area contributed by atoms with E-state index in [0.717, 1.165) is 25.4 Å². The molecule has 0 fully saturated rings. The van der Waals surface area contributed by atoms with Crippen molar-refractivity contribution >= 4 is 12.4 Å². The molecule has 2 nitrogen and oxygen atoms in total. The molecular weight excluding hydrogens is 246 g/mol. The van der Waals surface area contributed by atoms with Gasteiger partial charge in [-0.05, 0) is 37.6 Å². The molecule has 0 heterocycles. The van der Waals surface area contributed by atoms with Crippen LogP contribution in [0.2, 0.25) is 0 Å². The largest absolute Gasteiger partial charge is 0.494 e. The second-order valence-electron chi connectivity index (χ2n) is 4.32. The van der Waals surface area contributed by atoms with E-state index in [1.54, 1.807) is 0 Å². The zero-order valence-corrected chi connectivity index (χ0v) is 12.4. The number of hydrogen-bond donors (Lipinski definition) is 1. The van der Waals surface area contributed by atoms with Gasteiger partial charge < -0.3 is 10.1 Å². The first-order valence-electron chi connectivity index (χ1n) is 6.79. The molecule has 0 unspecified atom stereocenters. The zero-order valence-electron chi connectivity index (χ0n) is 11.6. The Labute approximate surface area is 118 Å². The number of hydrogen-bond acceptors (Lipinski definition) is 2. The fourth-order valence-electron chi connectivity index (χ4n) is 1.82. The van der Waals surface area contributed by atoms with Gasteiger partial charge in [-0.2, -0.15) is 0 Å². The van der Waals surface area contributed by atoms with E-state index in [2.05, 4.69) is 30.4 Å². The minimum Gasteiger partial charge on any atom is -0.494 e. The highest BCUT2D eigenvalue weighted by Crippen LogP contribution is 2.12. The van der Waals surface area contributed by atoms with Gasteiger partial charge in [0, 0.05) is 6.54 Å². The van der Waals surface area contributed by atoms with E-state index in [1.165, 1.54) is 31.2 Å². The molecule has 0 saturated carbocycles. The average Bonchev–Trinajstić information content (AvgIpc) is 2.35. The summed E-state index contributed by atoms with van der Waals surface area (Å²) in [5.41, 5.74) is 1.30. The molecule has 0 aromatic heterocycles. The summed E-state index contributed by atoms with van der Waals surface area (Å²) in [4.78, 5) is 0. The van der Waals surface area contributed by atoms with Crippen LogP contribution < -0.4 is 10.1 Å². The molecule has 1 aromatic carbocycles. The van der Waals surface area contributed by atoms with E-state index >= 15 is 0 Å². The third kappa shape index (κ3) is 7.57. The first-order chi connectivity index (χ1) is 8.36. The van der Waals surface area contributed by atoms with Gasteiger partial charge in [-0.25, -0.2) is 0 Å². The predicted molar refractivity (Wildman–Crippen MR) is 80.7 cm³/mol. The average molecular weight is 272 g/mol. The molecule has 0 bridgehead atoms. The highest BCUT2D eigenvalue weighted by Gasteiger charge is 1.96. The Morgan fingerprint density at radius 3 is 2.67 bits per heavy atom. The first-order valence-corrected chi connectivity index (χ1v) is 6.79. The van der Waals surface area contributed by atoms with E-state index in [-0.39, 0.29) is 12.4 Å². The van der Waals surface area contributed by atoms with Gasteiger partial charge in [0.25, 0.3) is 0 Å². The number of ether oxygens (including phenoxy) is 1. The smallest absolute Gasteiger partial charge is 0.119 e. The Balaban J connectivity index is 0.00000289. The van der Waals surface area contributed by atoms with Crippen LogP contribution in [0.15, 0.2) is 24.3 Å². The van der Waals surface area contributed by atoms with Crippen molar-refractivity contribution in [2.45, 2.75) is 46.1 Å². The number of halogens is 1. The molecule has 0 aliphatic rings. The lowest BCUT2D eigenvalue weighted by Crippen LogP contribution is -2.14. The molecule has 0 atom stereocenters. The van der Waals surface area contributed by atoms with Crippen molar-refractivity contribution in [3.63, 3.8) is 0 Å².